The predicted molar refractivity (Wildman–Crippen MR) is 76.3 cm³/mol. The molecule has 1 aromatic carbocycles. The minimum Gasteiger partial charge on any atom is -0.494 e. The van der Waals surface area contributed by atoms with Crippen molar-refractivity contribution in [2.24, 2.45) is 0 Å². The molecule has 0 aromatic heterocycles. The molecule has 0 saturated carbocycles. The quantitative estimate of drug-likeness (QED) is 0.717. The highest BCUT2D eigenvalue weighted by atomic mass is 79.9. The summed E-state index contributed by atoms with van der Waals surface area (Å²) in [5.74, 6) is 0.782. The van der Waals surface area contributed by atoms with Gasteiger partial charge in [-0.25, -0.2) is 0 Å². The second kappa shape index (κ2) is 7.25. The average Bonchev–Trinajstić information content (AvgIpc) is 2.39. The van der Waals surface area contributed by atoms with Gasteiger partial charge >= 0.3 is 8.80 Å². The third-order valence-corrected chi connectivity index (χ3v) is 5.57. The molecule has 0 fully saturated rings. The van der Waals surface area contributed by atoms with Crippen molar-refractivity contribution in [3.63, 3.8) is 0 Å². The molecule has 102 valence electrons. The van der Waals surface area contributed by atoms with Crippen molar-refractivity contribution in [3.05, 3.63) is 22.7 Å². The van der Waals surface area contributed by atoms with Crippen molar-refractivity contribution >= 4 is 29.9 Å². The average molecular weight is 335 g/mol. The summed E-state index contributed by atoms with van der Waals surface area (Å²) < 4.78 is 22.9. The van der Waals surface area contributed by atoms with Gasteiger partial charge in [-0.2, -0.15) is 0 Å². The van der Waals surface area contributed by atoms with Gasteiger partial charge in [-0.1, -0.05) is 22.9 Å². The fourth-order valence-corrected chi connectivity index (χ4v) is 4.19. The van der Waals surface area contributed by atoms with Gasteiger partial charge in [0.25, 0.3) is 0 Å². The topological polar surface area (TPSA) is 36.9 Å². The maximum atomic E-state index is 5.63. The molecule has 0 radical (unpaired) electrons. The summed E-state index contributed by atoms with van der Waals surface area (Å²) in [6, 6.07) is 5.75. The molecular formula is C12H19BrO4Si. The molecule has 0 N–H and O–H groups in total. The standard InChI is InChI=1S/C12H19BrO4Si/c1-5-6-17-11-7-10(13)8-12(9-11)18(14-2,15-3)16-4/h7-9H,5-6H2,1-4H3. The highest BCUT2D eigenvalue weighted by Gasteiger charge is 2.41. The van der Waals surface area contributed by atoms with E-state index >= 15 is 0 Å². The van der Waals surface area contributed by atoms with Crippen molar-refractivity contribution in [1.29, 1.82) is 0 Å². The van der Waals surface area contributed by atoms with E-state index in [1.165, 1.54) is 0 Å². The Kier molecular flexibility index (Phi) is 6.31. The lowest BCUT2D eigenvalue weighted by molar-refractivity contribution is 0.140. The molecule has 1 rings (SSSR count). The zero-order valence-electron chi connectivity index (χ0n) is 11.2. The van der Waals surface area contributed by atoms with Crippen LogP contribution in [0.2, 0.25) is 0 Å². The lowest BCUT2D eigenvalue weighted by atomic mass is 10.3. The fraction of sp³-hybridized carbons (Fsp3) is 0.500. The Morgan fingerprint density at radius 3 is 2.17 bits per heavy atom. The monoisotopic (exact) mass is 334 g/mol. The zero-order valence-corrected chi connectivity index (χ0v) is 13.7. The molecular weight excluding hydrogens is 316 g/mol. The van der Waals surface area contributed by atoms with Gasteiger partial charge in [0, 0.05) is 31.0 Å². The van der Waals surface area contributed by atoms with Gasteiger partial charge in [0.15, 0.2) is 0 Å². The molecule has 0 unspecified atom stereocenters. The van der Waals surface area contributed by atoms with Crippen LogP contribution in [-0.2, 0) is 13.3 Å². The van der Waals surface area contributed by atoms with Crippen molar-refractivity contribution in [1.82, 2.24) is 0 Å². The van der Waals surface area contributed by atoms with Gasteiger partial charge in [-0.05, 0) is 24.6 Å². The van der Waals surface area contributed by atoms with E-state index < -0.39 is 8.80 Å². The molecule has 0 saturated heterocycles. The molecule has 0 aliphatic rings. The Labute approximate surface area is 118 Å². The van der Waals surface area contributed by atoms with Crippen molar-refractivity contribution in [3.8, 4) is 5.75 Å². The maximum absolute atomic E-state index is 5.63. The first-order chi connectivity index (χ1) is 8.61. The molecule has 0 bridgehead atoms. The molecule has 1 aromatic rings. The third-order valence-electron chi connectivity index (χ3n) is 2.50. The molecule has 18 heavy (non-hydrogen) atoms. The first-order valence-corrected chi connectivity index (χ1v) is 8.23. The van der Waals surface area contributed by atoms with Gasteiger partial charge in [0.1, 0.15) is 5.75 Å². The van der Waals surface area contributed by atoms with Crippen LogP contribution in [0.3, 0.4) is 0 Å². The van der Waals surface area contributed by atoms with Gasteiger partial charge in [0.05, 0.1) is 6.61 Å². The molecule has 4 nitrogen and oxygen atoms in total. The summed E-state index contributed by atoms with van der Waals surface area (Å²) in [7, 11) is 1.96. The minimum atomic E-state index is -2.81. The van der Waals surface area contributed by atoms with E-state index in [4.69, 9.17) is 18.0 Å². The van der Waals surface area contributed by atoms with Crippen LogP contribution in [0.4, 0.5) is 0 Å². The lowest BCUT2D eigenvalue weighted by Gasteiger charge is -2.25. The van der Waals surface area contributed by atoms with Gasteiger partial charge in [-0.3, -0.25) is 0 Å². The van der Waals surface area contributed by atoms with Crippen LogP contribution in [0.1, 0.15) is 13.3 Å². The van der Waals surface area contributed by atoms with E-state index in [2.05, 4.69) is 22.9 Å². The molecule has 0 heterocycles. The highest BCUT2D eigenvalue weighted by Crippen LogP contribution is 2.20. The van der Waals surface area contributed by atoms with Gasteiger partial charge in [0.2, 0.25) is 0 Å². The van der Waals surface area contributed by atoms with Crippen LogP contribution in [-0.4, -0.2) is 36.7 Å². The number of ether oxygens (including phenoxy) is 1. The molecule has 0 atom stereocenters. The lowest BCUT2D eigenvalue weighted by Crippen LogP contribution is -2.54. The summed E-state index contributed by atoms with van der Waals surface area (Å²) in [6.45, 7) is 2.74. The van der Waals surface area contributed by atoms with Crippen molar-refractivity contribution in [2.75, 3.05) is 27.9 Å². The molecule has 6 heteroatoms. The molecule has 0 aliphatic heterocycles. The smallest absolute Gasteiger partial charge is 0.494 e. The maximum Gasteiger partial charge on any atom is 0.536 e. The third kappa shape index (κ3) is 3.55. The highest BCUT2D eigenvalue weighted by molar-refractivity contribution is 9.10. The minimum absolute atomic E-state index is 0.678. The Morgan fingerprint density at radius 2 is 1.67 bits per heavy atom. The predicted octanol–water partition coefficient (Wildman–Crippen LogP) is 2.32. The second-order valence-corrected chi connectivity index (χ2v) is 7.52. The summed E-state index contributed by atoms with van der Waals surface area (Å²) in [5.41, 5.74) is 0. The van der Waals surface area contributed by atoms with E-state index in [9.17, 15) is 0 Å². The first kappa shape index (κ1) is 15.7. The van der Waals surface area contributed by atoms with Crippen LogP contribution >= 0.6 is 15.9 Å². The van der Waals surface area contributed by atoms with E-state index in [0.29, 0.717) is 6.61 Å². The Morgan fingerprint density at radius 1 is 1.06 bits per heavy atom. The van der Waals surface area contributed by atoms with E-state index in [1.54, 1.807) is 21.3 Å². The van der Waals surface area contributed by atoms with Gasteiger partial charge in [-0.15, -0.1) is 0 Å². The van der Waals surface area contributed by atoms with Crippen LogP contribution in [0.25, 0.3) is 0 Å². The molecule has 0 aliphatic carbocycles. The second-order valence-electron chi connectivity index (χ2n) is 3.69. The number of benzene rings is 1. The van der Waals surface area contributed by atoms with Gasteiger partial charge < -0.3 is 18.0 Å². The first-order valence-electron chi connectivity index (χ1n) is 5.71. The van der Waals surface area contributed by atoms with Crippen LogP contribution < -0.4 is 9.92 Å². The van der Waals surface area contributed by atoms with Crippen molar-refractivity contribution in [2.45, 2.75) is 13.3 Å². The summed E-state index contributed by atoms with van der Waals surface area (Å²) >= 11 is 3.46. The largest absolute Gasteiger partial charge is 0.536 e. The zero-order chi connectivity index (χ0) is 13.6. The Balaban J connectivity index is 3.10. The van der Waals surface area contributed by atoms with Crippen LogP contribution in [0.5, 0.6) is 5.75 Å². The van der Waals surface area contributed by atoms with Crippen LogP contribution in [0.15, 0.2) is 22.7 Å². The molecule has 0 spiro atoms. The van der Waals surface area contributed by atoms with E-state index in [1.807, 2.05) is 18.2 Å². The van der Waals surface area contributed by atoms with E-state index in [-0.39, 0.29) is 0 Å². The fourth-order valence-electron chi connectivity index (χ4n) is 1.65. The number of rotatable bonds is 7. The SMILES string of the molecule is CCCOc1cc(Br)cc([Si](OC)(OC)OC)c1. The summed E-state index contributed by atoms with van der Waals surface area (Å²) in [6.07, 6.45) is 0.962. The number of halogens is 1. The Hall–Kier alpha value is -0.403. The van der Waals surface area contributed by atoms with Crippen LogP contribution in [0, 0.1) is 0 Å². The number of hydrogen-bond donors (Lipinski definition) is 0. The summed E-state index contributed by atoms with van der Waals surface area (Å²) in [4.78, 5) is 0. The number of hydrogen-bond acceptors (Lipinski definition) is 4. The van der Waals surface area contributed by atoms with Crippen molar-refractivity contribution < 1.29 is 18.0 Å². The normalized spacial score (nSPS) is 11.6. The summed E-state index contributed by atoms with van der Waals surface area (Å²) in [5, 5.41) is 0.871. The van der Waals surface area contributed by atoms with E-state index in [0.717, 1.165) is 21.8 Å². The molecule has 0 amide bonds. The Bertz CT molecular complexity index is 374.